The highest BCUT2D eigenvalue weighted by Crippen LogP contribution is 2.09. The van der Waals surface area contributed by atoms with Gasteiger partial charge >= 0.3 is 6.16 Å². The quantitative estimate of drug-likeness (QED) is 0.719. The highest BCUT2D eigenvalue weighted by Gasteiger charge is 2.16. The van der Waals surface area contributed by atoms with E-state index in [0.29, 0.717) is 12.8 Å². The van der Waals surface area contributed by atoms with Crippen LogP contribution in [0.3, 0.4) is 0 Å². The second-order valence-corrected chi connectivity index (χ2v) is 6.93. The monoisotopic (exact) mass is 364 g/mol. The summed E-state index contributed by atoms with van der Waals surface area (Å²) in [5.74, 6) is -1.25. The maximum absolute atomic E-state index is 12.0. The normalized spacial score (nSPS) is 10.9. The van der Waals surface area contributed by atoms with Crippen molar-refractivity contribution in [2.45, 2.75) is 12.8 Å². The molecule has 0 aliphatic rings. The molecule has 0 fully saturated rings. The number of pyridine rings is 1. The van der Waals surface area contributed by atoms with Crippen LogP contribution in [0.15, 0.2) is 48.7 Å². The molecule has 0 radical (unpaired) electrons. The maximum atomic E-state index is 12.0. The first kappa shape index (κ1) is 18.4. The van der Waals surface area contributed by atoms with Gasteiger partial charge in [0.1, 0.15) is 0 Å². The first-order chi connectivity index (χ1) is 11.9. The Labute approximate surface area is 144 Å². The third-order valence-electron chi connectivity index (χ3n) is 3.16. The highest BCUT2D eigenvalue weighted by atomic mass is 32.2. The van der Waals surface area contributed by atoms with E-state index in [0.717, 1.165) is 17.8 Å². The summed E-state index contributed by atoms with van der Waals surface area (Å²) >= 11 is 0. The molecule has 1 heterocycles. The first-order valence-electron chi connectivity index (χ1n) is 7.31. The Morgan fingerprint density at radius 1 is 1.12 bits per heavy atom. The Morgan fingerprint density at radius 2 is 1.84 bits per heavy atom. The summed E-state index contributed by atoms with van der Waals surface area (Å²) in [5.41, 5.74) is 0.992. The van der Waals surface area contributed by atoms with Crippen LogP contribution in [0.2, 0.25) is 0 Å². The summed E-state index contributed by atoms with van der Waals surface area (Å²) in [6.07, 6.45) is 0.452. The van der Waals surface area contributed by atoms with Crippen molar-refractivity contribution in [2.24, 2.45) is 0 Å². The van der Waals surface area contributed by atoms with Gasteiger partial charge in [-0.25, -0.2) is 22.9 Å². The molecular weight excluding hydrogens is 348 g/mol. The van der Waals surface area contributed by atoms with Crippen molar-refractivity contribution < 1.29 is 27.9 Å². The molecule has 2 rings (SSSR count). The Balaban J connectivity index is 1.88. The maximum Gasteiger partial charge on any atom is 0.512 e. The lowest BCUT2D eigenvalue weighted by Crippen LogP contribution is -2.32. The predicted octanol–water partition coefficient (Wildman–Crippen LogP) is 1.83. The Bertz CT molecular complexity index is 835. The van der Waals surface area contributed by atoms with E-state index in [-0.39, 0.29) is 17.2 Å². The van der Waals surface area contributed by atoms with E-state index in [1.807, 2.05) is 35.1 Å². The SMILES string of the molecule is O=C(O)Oc1ccc(C(=O)NS(=O)(=O)CCCc2ccccc2)cn1. The number of hydrogen-bond donors (Lipinski definition) is 2. The molecule has 0 saturated heterocycles. The fourth-order valence-electron chi connectivity index (χ4n) is 2.03. The van der Waals surface area contributed by atoms with E-state index < -0.39 is 22.1 Å². The van der Waals surface area contributed by atoms with E-state index >= 15 is 0 Å². The molecule has 1 aromatic carbocycles. The van der Waals surface area contributed by atoms with Crippen molar-refractivity contribution in [3.8, 4) is 5.88 Å². The average molecular weight is 364 g/mol. The van der Waals surface area contributed by atoms with Crippen LogP contribution in [0, 0.1) is 0 Å². The van der Waals surface area contributed by atoms with E-state index in [1.54, 1.807) is 0 Å². The third-order valence-corrected chi connectivity index (χ3v) is 4.48. The van der Waals surface area contributed by atoms with Gasteiger partial charge in [0.05, 0.1) is 11.3 Å². The van der Waals surface area contributed by atoms with E-state index in [4.69, 9.17) is 5.11 Å². The fourth-order valence-corrected chi connectivity index (χ4v) is 3.05. The van der Waals surface area contributed by atoms with Crippen LogP contribution in [-0.4, -0.2) is 36.3 Å². The van der Waals surface area contributed by atoms with Gasteiger partial charge in [0, 0.05) is 12.3 Å². The summed E-state index contributed by atoms with van der Waals surface area (Å²) in [5, 5.41) is 8.44. The summed E-state index contributed by atoms with van der Waals surface area (Å²) in [7, 11) is -3.78. The average Bonchev–Trinajstić information content (AvgIpc) is 2.55. The summed E-state index contributed by atoms with van der Waals surface area (Å²) in [6.45, 7) is 0. The molecule has 0 saturated carbocycles. The largest absolute Gasteiger partial charge is 0.512 e. The van der Waals surface area contributed by atoms with Gasteiger partial charge < -0.3 is 9.84 Å². The van der Waals surface area contributed by atoms with Gasteiger partial charge in [0.2, 0.25) is 15.9 Å². The molecule has 2 N–H and O–H groups in total. The lowest BCUT2D eigenvalue weighted by atomic mass is 10.1. The molecular formula is C16H16N2O6S. The number of aryl methyl sites for hydroxylation is 1. The minimum absolute atomic E-state index is 0.0237. The molecule has 0 unspecified atom stereocenters. The Hall–Kier alpha value is -2.94. The van der Waals surface area contributed by atoms with E-state index in [9.17, 15) is 18.0 Å². The second-order valence-electron chi connectivity index (χ2n) is 5.09. The number of benzene rings is 1. The van der Waals surface area contributed by atoms with E-state index in [1.165, 1.54) is 6.07 Å². The van der Waals surface area contributed by atoms with Crippen molar-refractivity contribution in [2.75, 3.05) is 5.75 Å². The molecule has 0 aliphatic heterocycles. The number of amides is 1. The number of sulfonamides is 1. The number of carboxylic acid groups (broad SMARTS) is 1. The van der Waals surface area contributed by atoms with Gasteiger partial charge in [0.15, 0.2) is 0 Å². The van der Waals surface area contributed by atoms with Crippen molar-refractivity contribution in [3.05, 3.63) is 59.8 Å². The minimum atomic E-state index is -3.78. The molecule has 0 atom stereocenters. The zero-order chi connectivity index (χ0) is 18.3. The van der Waals surface area contributed by atoms with Crippen LogP contribution in [-0.2, 0) is 16.4 Å². The number of carbonyl (C=O) groups is 2. The van der Waals surface area contributed by atoms with Crippen molar-refractivity contribution in [3.63, 3.8) is 0 Å². The zero-order valence-corrected chi connectivity index (χ0v) is 13.9. The lowest BCUT2D eigenvalue weighted by molar-refractivity contribution is 0.0981. The first-order valence-corrected chi connectivity index (χ1v) is 8.96. The molecule has 2 aromatic rings. The Kier molecular flexibility index (Phi) is 6.07. The van der Waals surface area contributed by atoms with Gasteiger partial charge in [-0.15, -0.1) is 0 Å². The van der Waals surface area contributed by atoms with Gasteiger partial charge in [0.25, 0.3) is 5.91 Å². The molecule has 132 valence electrons. The van der Waals surface area contributed by atoms with Crippen LogP contribution in [0.4, 0.5) is 4.79 Å². The number of nitrogens with zero attached hydrogens (tertiary/aromatic N) is 1. The van der Waals surface area contributed by atoms with Gasteiger partial charge in [-0.2, -0.15) is 0 Å². The van der Waals surface area contributed by atoms with Crippen molar-refractivity contribution in [1.82, 2.24) is 9.71 Å². The highest BCUT2D eigenvalue weighted by molar-refractivity contribution is 7.90. The second kappa shape index (κ2) is 8.25. The molecule has 0 aliphatic carbocycles. The number of rotatable bonds is 7. The fraction of sp³-hybridized carbons (Fsp3) is 0.188. The zero-order valence-electron chi connectivity index (χ0n) is 13.1. The predicted molar refractivity (Wildman–Crippen MR) is 88.9 cm³/mol. The summed E-state index contributed by atoms with van der Waals surface area (Å²) < 4.78 is 30.2. The smallest absolute Gasteiger partial charge is 0.449 e. The Morgan fingerprint density at radius 3 is 2.44 bits per heavy atom. The lowest BCUT2D eigenvalue weighted by Gasteiger charge is -2.07. The summed E-state index contributed by atoms with van der Waals surface area (Å²) in [4.78, 5) is 25.9. The molecule has 25 heavy (non-hydrogen) atoms. The number of nitrogens with one attached hydrogen (secondary N) is 1. The van der Waals surface area contributed by atoms with Crippen LogP contribution in [0.25, 0.3) is 0 Å². The van der Waals surface area contributed by atoms with Crippen molar-refractivity contribution in [1.29, 1.82) is 0 Å². The van der Waals surface area contributed by atoms with Crippen LogP contribution >= 0.6 is 0 Å². The van der Waals surface area contributed by atoms with Crippen LogP contribution < -0.4 is 9.46 Å². The van der Waals surface area contributed by atoms with Gasteiger partial charge in [-0.1, -0.05) is 30.3 Å². The number of aromatic nitrogens is 1. The molecule has 0 spiro atoms. The molecule has 8 nitrogen and oxygen atoms in total. The van der Waals surface area contributed by atoms with Crippen LogP contribution in [0.5, 0.6) is 5.88 Å². The molecule has 9 heteroatoms. The van der Waals surface area contributed by atoms with Gasteiger partial charge in [-0.05, 0) is 24.5 Å². The van der Waals surface area contributed by atoms with Gasteiger partial charge in [-0.3, -0.25) is 4.79 Å². The number of hydrogen-bond acceptors (Lipinski definition) is 6. The molecule has 1 amide bonds. The number of carbonyl (C=O) groups excluding carboxylic acids is 1. The summed E-state index contributed by atoms with van der Waals surface area (Å²) in [6, 6.07) is 11.8. The molecule has 0 bridgehead atoms. The third kappa shape index (κ3) is 6.22. The van der Waals surface area contributed by atoms with E-state index in [2.05, 4.69) is 9.72 Å². The van der Waals surface area contributed by atoms with Crippen molar-refractivity contribution >= 4 is 22.1 Å². The number of ether oxygens (including phenoxy) is 1. The topological polar surface area (TPSA) is 123 Å². The minimum Gasteiger partial charge on any atom is -0.449 e. The van der Waals surface area contributed by atoms with Crippen LogP contribution in [0.1, 0.15) is 22.3 Å². The molecule has 1 aromatic heterocycles. The standard InChI is InChI=1S/C16H16N2O6S/c19-15(13-8-9-14(17-11-13)24-16(20)21)18-25(22,23)10-4-7-12-5-2-1-3-6-12/h1-3,5-6,8-9,11H,4,7,10H2,(H,18,19)(H,20,21).